The average molecular weight is 346 g/mol. The predicted octanol–water partition coefficient (Wildman–Crippen LogP) is 3.00. The van der Waals surface area contributed by atoms with Crippen molar-refractivity contribution in [2.24, 2.45) is 5.92 Å². The Morgan fingerprint density at radius 3 is 2.60 bits per heavy atom. The maximum absolute atomic E-state index is 13.2. The molecule has 1 atom stereocenters. The summed E-state index contributed by atoms with van der Waals surface area (Å²) < 4.78 is 13.6. The number of hydrogen-bond acceptors (Lipinski definition) is 2. The minimum atomic E-state index is -0.914. The topological polar surface area (TPSA) is 40.5 Å². The zero-order valence-electron chi connectivity index (χ0n) is 12.3. The number of likely N-dealkylation sites (N-methyl/N-ethyl adjacent to an activating group) is 1. The number of amides is 1. The highest BCUT2D eigenvalue weighted by Crippen LogP contribution is 2.20. The van der Waals surface area contributed by atoms with Crippen molar-refractivity contribution in [1.29, 1.82) is 0 Å². The number of hydrogen-bond donors (Lipinski definition) is 1. The van der Waals surface area contributed by atoms with Gasteiger partial charge in [0.05, 0.1) is 10.1 Å². The molecule has 0 radical (unpaired) electrons. The lowest BCUT2D eigenvalue weighted by molar-refractivity contribution is -0.136. The third-order valence-corrected chi connectivity index (χ3v) is 3.56. The summed E-state index contributed by atoms with van der Waals surface area (Å²) >= 11 is 3.14. The summed E-state index contributed by atoms with van der Waals surface area (Å²) in [5.41, 5.74) is -0.0148. The van der Waals surface area contributed by atoms with Crippen molar-refractivity contribution < 1.29 is 14.3 Å². The second-order valence-corrected chi connectivity index (χ2v) is 6.71. The summed E-state index contributed by atoms with van der Waals surface area (Å²) in [5.74, 6) is -0.570. The molecule has 0 aliphatic rings. The average Bonchev–Trinajstić information content (AvgIpc) is 2.30. The summed E-state index contributed by atoms with van der Waals surface area (Å²) in [4.78, 5) is 13.7. The number of halogens is 2. The van der Waals surface area contributed by atoms with Gasteiger partial charge in [0.2, 0.25) is 5.91 Å². The first-order chi connectivity index (χ1) is 9.10. The standard InChI is InChI=1S/C15H21BrFNO2/c1-10(14(19)18(4)9-15(2,3)20)7-11-5-6-13(17)12(16)8-11/h5-6,8,10,20H,7,9H2,1-4H3. The number of benzene rings is 1. The van der Waals surface area contributed by atoms with Gasteiger partial charge in [-0.3, -0.25) is 4.79 Å². The molecule has 1 unspecified atom stereocenters. The van der Waals surface area contributed by atoms with Crippen LogP contribution < -0.4 is 0 Å². The summed E-state index contributed by atoms with van der Waals surface area (Å²) in [7, 11) is 1.68. The molecule has 20 heavy (non-hydrogen) atoms. The summed E-state index contributed by atoms with van der Waals surface area (Å²) in [6.45, 7) is 5.45. The van der Waals surface area contributed by atoms with Gasteiger partial charge in [-0.25, -0.2) is 4.39 Å². The van der Waals surface area contributed by atoms with Crippen LogP contribution in [0.5, 0.6) is 0 Å². The second-order valence-electron chi connectivity index (χ2n) is 5.86. The third kappa shape index (κ3) is 5.21. The zero-order chi connectivity index (χ0) is 15.5. The number of nitrogens with zero attached hydrogens (tertiary/aromatic N) is 1. The van der Waals surface area contributed by atoms with Crippen molar-refractivity contribution in [2.75, 3.05) is 13.6 Å². The van der Waals surface area contributed by atoms with Crippen molar-refractivity contribution in [1.82, 2.24) is 4.90 Å². The van der Waals surface area contributed by atoms with Crippen LogP contribution in [0.3, 0.4) is 0 Å². The normalized spacial score (nSPS) is 13.2. The number of aliphatic hydroxyl groups is 1. The van der Waals surface area contributed by atoms with Crippen molar-refractivity contribution in [2.45, 2.75) is 32.8 Å². The maximum Gasteiger partial charge on any atom is 0.225 e. The Balaban J connectivity index is 2.68. The van der Waals surface area contributed by atoms with Crippen LogP contribution in [0.4, 0.5) is 4.39 Å². The second kappa shape index (κ2) is 6.68. The van der Waals surface area contributed by atoms with Gasteiger partial charge in [-0.05, 0) is 53.9 Å². The Morgan fingerprint density at radius 2 is 2.10 bits per heavy atom. The van der Waals surface area contributed by atoms with E-state index in [9.17, 15) is 14.3 Å². The van der Waals surface area contributed by atoms with E-state index >= 15 is 0 Å². The van der Waals surface area contributed by atoms with Crippen LogP contribution in [0.1, 0.15) is 26.3 Å². The molecule has 112 valence electrons. The maximum atomic E-state index is 13.2. The highest BCUT2D eigenvalue weighted by Gasteiger charge is 2.23. The molecule has 0 fully saturated rings. The molecule has 0 spiro atoms. The molecule has 0 aromatic heterocycles. The Morgan fingerprint density at radius 1 is 1.50 bits per heavy atom. The van der Waals surface area contributed by atoms with E-state index in [1.807, 2.05) is 6.92 Å². The molecule has 1 N–H and O–H groups in total. The minimum absolute atomic E-state index is 0.0347. The molecule has 1 amide bonds. The van der Waals surface area contributed by atoms with Gasteiger partial charge in [0.25, 0.3) is 0 Å². The van der Waals surface area contributed by atoms with E-state index in [1.165, 1.54) is 11.0 Å². The van der Waals surface area contributed by atoms with Gasteiger partial charge in [-0.15, -0.1) is 0 Å². The monoisotopic (exact) mass is 345 g/mol. The fraction of sp³-hybridized carbons (Fsp3) is 0.533. The zero-order valence-corrected chi connectivity index (χ0v) is 13.9. The first-order valence-electron chi connectivity index (χ1n) is 6.51. The lowest BCUT2D eigenvalue weighted by Crippen LogP contribution is -2.42. The minimum Gasteiger partial charge on any atom is -0.389 e. The lowest BCUT2D eigenvalue weighted by atomic mass is 9.99. The van der Waals surface area contributed by atoms with Gasteiger partial charge in [0.1, 0.15) is 5.82 Å². The molecular weight excluding hydrogens is 325 g/mol. The molecule has 0 heterocycles. The van der Waals surface area contributed by atoms with E-state index in [4.69, 9.17) is 0 Å². The van der Waals surface area contributed by atoms with Crippen LogP contribution in [0.25, 0.3) is 0 Å². The van der Waals surface area contributed by atoms with E-state index in [0.29, 0.717) is 10.9 Å². The molecule has 1 aromatic carbocycles. The predicted molar refractivity (Wildman–Crippen MR) is 80.9 cm³/mol. The van der Waals surface area contributed by atoms with Crippen molar-refractivity contribution in [3.8, 4) is 0 Å². The molecule has 0 saturated heterocycles. The first kappa shape index (κ1) is 17.1. The van der Waals surface area contributed by atoms with Crippen LogP contribution in [0.15, 0.2) is 22.7 Å². The van der Waals surface area contributed by atoms with Gasteiger partial charge in [-0.1, -0.05) is 13.0 Å². The Kier molecular flexibility index (Phi) is 5.71. The molecule has 0 saturated carbocycles. The van der Waals surface area contributed by atoms with Gasteiger partial charge in [0.15, 0.2) is 0 Å². The Hall–Kier alpha value is -0.940. The van der Waals surface area contributed by atoms with Gasteiger partial charge in [0, 0.05) is 19.5 Å². The number of carbonyl (C=O) groups excluding carboxylic acids is 1. The van der Waals surface area contributed by atoms with E-state index in [-0.39, 0.29) is 24.2 Å². The largest absolute Gasteiger partial charge is 0.389 e. The lowest BCUT2D eigenvalue weighted by Gasteiger charge is -2.27. The smallest absolute Gasteiger partial charge is 0.225 e. The van der Waals surface area contributed by atoms with E-state index < -0.39 is 5.60 Å². The first-order valence-corrected chi connectivity index (χ1v) is 7.31. The molecule has 5 heteroatoms. The van der Waals surface area contributed by atoms with Crippen LogP contribution in [-0.2, 0) is 11.2 Å². The fourth-order valence-electron chi connectivity index (χ4n) is 2.14. The molecule has 1 aromatic rings. The summed E-state index contributed by atoms with van der Waals surface area (Å²) in [6, 6.07) is 4.76. The molecule has 0 aliphatic carbocycles. The van der Waals surface area contributed by atoms with Crippen LogP contribution in [0, 0.1) is 11.7 Å². The fourth-order valence-corrected chi connectivity index (χ4v) is 2.57. The highest BCUT2D eigenvalue weighted by atomic mass is 79.9. The summed E-state index contributed by atoms with van der Waals surface area (Å²) in [5, 5.41) is 9.73. The number of rotatable bonds is 5. The van der Waals surface area contributed by atoms with Crippen molar-refractivity contribution >= 4 is 21.8 Å². The number of carbonyl (C=O) groups is 1. The van der Waals surface area contributed by atoms with E-state index in [0.717, 1.165) is 5.56 Å². The Bertz CT molecular complexity index is 485. The quantitative estimate of drug-likeness (QED) is 0.891. The van der Waals surface area contributed by atoms with Crippen LogP contribution in [-0.4, -0.2) is 35.1 Å². The molecule has 1 rings (SSSR count). The van der Waals surface area contributed by atoms with Crippen molar-refractivity contribution in [3.05, 3.63) is 34.1 Å². The van der Waals surface area contributed by atoms with Gasteiger partial charge >= 0.3 is 0 Å². The summed E-state index contributed by atoms with van der Waals surface area (Å²) in [6.07, 6.45) is 0.536. The third-order valence-electron chi connectivity index (χ3n) is 2.95. The van der Waals surface area contributed by atoms with Crippen LogP contribution >= 0.6 is 15.9 Å². The molecule has 0 aliphatic heterocycles. The van der Waals surface area contributed by atoms with Crippen molar-refractivity contribution in [3.63, 3.8) is 0 Å². The highest BCUT2D eigenvalue weighted by molar-refractivity contribution is 9.10. The Labute approximate surface area is 127 Å². The van der Waals surface area contributed by atoms with E-state index in [2.05, 4.69) is 15.9 Å². The van der Waals surface area contributed by atoms with E-state index in [1.54, 1.807) is 33.0 Å². The molecule has 0 bridgehead atoms. The van der Waals surface area contributed by atoms with Crippen LogP contribution in [0.2, 0.25) is 0 Å². The van der Waals surface area contributed by atoms with Gasteiger partial charge < -0.3 is 10.0 Å². The molecular formula is C15H21BrFNO2. The van der Waals surface area contributed by atoms with Gasteiger partial charge in [-0.2, -0.15) is 0 Å². The molecule has 3 nitrogen and oxygen atoms in total. The SMILES string of the molecule is CC(Cc1ccc(F)c(Br)c1)C(=O)N(C)CC(C)(C)O.